The Morgan fingerprint density at radius 3 is 2.61 bits per heavy atom. The predicted octanol–water partition coefficient (Wildman–Crippen LogP) is 3.28. The Balaban J connectivity index is 1.46. The van der Waals surface area contributed by atoms with Gasteiger partial charge in [-0.3, -0.25) is 14.4 Å². The van der Waals surface area contributed by atoms with Crippen molar-refractivity contribution in [3.8, 4) is 5.75 Å². The number of ether oxygens (including phenoxy) is 2. The van der Waals surface area contributed by atoms with Crippen molar-refractivity contribution in [3.63, 3.8) is 0 Å². The molecule has 3 fully saturated rings. The summed E-state index contributed by atoms with van der Waals surface area (Å²) in [6.45, 7) is 7.94. The van der Waals surface area contributed by atoms with E-state index in [0.717, 1.165) is 19.3 Å². The second-order valence-electron chi connectivity index (χ2n) is 11.7. The first-order valence-electron chi connectivity index (χ1n) is 13.0. The number of likely N-dealkylation sites (tertiary alicyclic amines) is 1. The van der Waals surface area contributed by atoms with Gasteiger partial charge in [0.1, 0.15) is 17.4 Å². The Morgan fingerprint density at radius 1 is 1.17 bits per heavy atom. The zero-order valence-electron chi connectivity index (χ0n) is 21.7. The number of benzene rings is 1. The Labute approximate surface area is 212 Å². The van der Waals surface area contributed by atoms with Crippen molar-refractivity contribution in [2.24, 2.45) is 17.8 Å². The zero-order chi connectivity index (χ0) is 25.8. The molecule has 3 heterocycles. The van der Waals surface area contributed by atoms with Gasteiger partial charge >= 0.3 is 0 Å². The minimum atomic E-state index is -1.16. The largest absolute Gasteiger partial charge is 0.497 e. The highest BCUT2D eigenvalue weighted by Crippen LogP contribution is 2.56. The van der Waals surface area contributed by atoms with E-state index in [4.69, 9.17) is 9.47 Å². The summed E-state index contributed by atoms with van der Waals surface area (Å²) in [5, 5.41) is 6.20. The molecule has 2 saturated heterocycles. The fraction of sp³-hybridized carbons (Fsp3) is 0.607. The lowest BCUT2D eigenvalue weighted by Gasteiger charge is -2.41. The summed E-state index contributed by atoms with van der Waals surface area (Å²) in [5.41, 5.74) is -1.20. The van der Waals surface area contributed by atoms with Crippen LogP contribution in [0.5, 0.6) is 5.75 Å². The highest BCUT2D eigenvalue weighted by Gasteiger charge is 2.74. The summed E-state index contributed by atoms with van der Waals surface area (Å²) in [7, 11) is 1.57. The summed E-state index contributed by atoms with van der Waals surface area (Å²) in [5.74, 6) is -1.20. The molecule has 194 valence electrons. The molecule has 8 nitrogen and oxygen atoms in total. The number of rotatable bonds is 5. The van der Waals surface area contributed by atoms with Crippen molar-refractivity contribution in [3.05, 3.63) is 36.4 Å². The minimum Gasteiger partial charge on any atom is -0.497 e. The van der Waals surface area contributed by atoms with Crippen LogP contribution in [0.25, 0.3) is 0 Å². The first-order chi connectivity index (χ1) is 17.1. The molecule has 0 radical (unpaired) electrons. The van der Waals surface area contributed by atoms with Gasteiger partial charge in [0, 0.05) is 23.3 Å². The lowest BCUT2D eigenvalue weighted by molar-refractivity contribution is -0.147. The van der Waals surface area contributed by atoms with E-state index in [2.05, 4.69) is 17.6 Å². The molecular weight excluding hydrogens is 458 g/mol. The number of amides is 3. The molecule has 4 aliphatic rings. The lowest BCUT2D eigenvalue weighted by Crippen LogP contribution is -2.61. The smallest absolute Gasteiger partial charge is 0.246 e. The van der Waals surface area contributed by atoms with Gasteiger partial charge in [-0.15, -0.1) is 0 Å². The normalized spacial score (nSPS) is 35.0. The van der Waals surface area contributed by atoms with Crippen molar-refractivity contribution >= 4 is 23.4 Å². The Kier molecular flexibility index (Phi) is 6.14. The quantitative estimate of drug-likeness (QED) is 0.611. The first-order valence-corrected chi connectivity index (χ1v) is 13.0. The van der Waals surface area contributed by atoms with E-state index >= 15 is 0 Å². The molecule has 1 spiro atoms. The van der Waals surface area contributed by atoms with Gasteiger partial charge in [-0.05, 0) is 51.7 Å². The van der Waals surface area contributed by atoms with Crippen molar-refractivity contribution in [1.82, 2.24) is 10.2 Å². The van der Waals surface area contributed by atoms with E-state index in [1.165, 1.54) is 6.42 Å². The molecule has 3 amide bonds. The van der Waals surface area contributed by atoms with Gasteiger partial charge in [0.25, 0.3) is 0 Å². The highest BCUT2D eigenvalue weighted by molar-refractivity contribution is 6.03. The molecule has 7 atom stereocenters. The third-order valence-corrected chi connectivity index (χ3v) is 8.33. The van der Waals surface area contributed by atoms with Gasteiger partial charge in [-0.1, -0.05) is 38.0 Å². The van der Waals surface area contributed by atoms with E-state index < -0.39 is 35.1 Å². The van der Waals surface area contributed by atoms with E-state index in [1.54, 1.807) is 36.3 Å². The van der Waals surface area contributed by atoms with Gasteiger partial charge in [0.2, 0.25) is 17.7 Å². The van der Waals surface area contributed by atoms with Crippen LogP contribution in [-0.4, -0.2) is 59.1 Å². The van der Waals surface area contributed by atoms with Crippen molar-refractivity contribution in [2.45, 2.75) is 82.7 Å². The molecule has 2 N–H and O–H groups in total. The van der Waals surface area contributed by atoms with Crippen LogP contribution in [0.15, 0.2) is 36.4 Å². The Bertz CT molecular complexity index is 1090. The van der Waals surface area contributed by atoms with E-state index in [0.29, 0.717) is 17.4 Å². The first kappa shape index (κ1) is 24.8. The van der Waals surface area contributed by atoms with Crippen LogP contribution in [0.4, 0.5) is 5.69 Å². The fourth-order valence-corrected chi connectivity index (χ4v) is 6.61. The summed E-state index contributed by atoms with van der Waals surface area (Å²) >= 11 is 0. The molecule has 7 unspecified atom stereocenters. The maximum absolute atomic E-state index is 14.0. The SMILES string of the molecule is COc1cccc(NC(=O)C2C3C=CC4(O3)C2C(=O)N(C(C)(C)C)C4C(=O)NC2CCCCC2C)c1. The molecule has 3 aliphatic heterocycles. The Morgan fingerprint density at radius 2 is 1.92 bits per heavy atom. The minimum absolute atomic E-state index is 0.0772. The molecule has 8 heteroatoms. The monoisotopic (exact) mass is 495 g/mol. The van der Waals surface area contributed by atoms with E-state index in [1.807, 2.05) is 32.9 Å². The standard InChI is InChI=1S/C28H37N3O5/c1-16-9-6-7-12-19(16)30-25(33)23-28-14-13-20(36-28)21(22(28)26(34)31(23)27(2,3)4)24(32)29-17-10-8-11-18(15-17)35-5/h8,10-11,13-16,19-23H,6-7,9,12H2,1-5H3,(H,29,32)(H,30,33). The number of carbonyl (C=O) groups is 3. The number of hydrogen-bond acceptors (Lipinski definition) is 5. The second kappa shape index (κ2) is 8.91. The maximum atomic E-state index is 14.0. The molecule has 1 saturated carbocycles. The molecule has 2 bridgehead atoms. The summed E-state index contributed by atoms with van der Waals surface area (Å²) in [6, 6.07) is 6.35. The van der Waals surface area contributed by atoms with Crippen LogP contribution >= 0.6 is 0 Å². The van der Waals surface area contributed by atoms with Crippen LogP contribution in [-0.2, 0) is 19.1 Å². The van der Waals surface area contributed by atoms with Crippen LogP contribution in [0.2, 0.25) is 0 Å². The fourth-order valence-electron chi connectivity index (χ4n) is 6.61. The number of methoxy groups -OCH3 is 1. The van der Waals surface area contributed by atoms with Crippen molar-refractivity contribution in [2.75, 3.05) is 12.4 Å². The number of nitrogens with zero attached hydrogens (tertiary/aromatic N) is 1. The average molecular weight is 496 g/mol. The van der Waals surface area contributed by atoms with Gasteiger partial charge < -0.3 is 25.0 Å². The molecule has 36 heavy (non-hydrogen) atoms. The predicted molar refractivity (Wildman–Crippen MR) is 135 cm³/mol. The van der Waals surface area contributed by atoms with E-state index in [9.17, 15) is 14.4 Å². The van der Waals surface area contributed by atoms with Crippen LogP contribution in [0.1, 0.15) is 53.4 Å². The molecule has 1 aliphatic carbocycles. The van der Waals surface area contributed by atoms with Gasteiger partial charge in [-0.25, -0.2) is 0 Å². The maximum Gasteiger partial charge on any atom is 0.246 e. The van der Waals surface area contributed by atoms with Gasteiger partial charge in [0.05, 0.1) is 25.0 Å². The molecule has 0 aromatic heterocycles. The topological polar surface area (TPSA) is 97.0 Å². The molecule has 1 aromatic rings. The zero-order valence-corrected chi connectivity index (χ0v) is 21.7. The van der Waals surface area contributed by atoms with Crippen molar-refractivity contribution in [1.29, 1.82) is 0 Å². The number of hydrogen-bond donors (Lipinski definition) is 2. The average Bonchev–Trinajstić information content (AvgIpc) is 3.47. The lowest BCUT2D eigenvalue weighted by atomic mass is 9.74. The van der Waals surface area contributed by atoms with Gasteiger partial charge in [0.15, 0.2) is 0 Å². The highest BCUT2D eigenvalue weighted by atomic mass is 16.5. The molecular formula is C28H37N3O5. The van der Waals surface area contributed by atoms with E-state index in [-0.39, 0.29) is 23.8 Å². The number of nitrogens with one attached hydrogen (secondary N) is 2. The number of carbonyl (C=O) groups excluding carboxylic acids is 3. The molecule has 1 aromatic carbocycles. The van der Waals surface area contributed by atoms with Crippen molar-refractivity contribution < 1.29 is 23.9 Å². The summed E-state index contributed by atoms with van der Waals surface area (Å²) in [6.07, 6.45) is 7.41. The number of fused-ring (bicyclic) bond motifs is 1. The van der Waals surface area contributed by atoms with Crippen LogP contribution < -0.4 is 15.4 Å². The summed E-state index contributed by atoms with van der Waals surface area (Å²) < 4.78 is 11.7. The third kappa shape index (κ3) is 3.90. The van der Waals surface area contributed by atoms with Crippen LogP contribution in [0, 0.1) is 17.8 Å². The third-order valence-electron chi connectivity index (χ3n) is 8.33. The van der Waals surface area contributed by atoms with Gasteiger partial charge in [-0.2, -0.15) is 0 Å². The van der Waals surface area contributed by atoms with Crippen LogP contribution in [0.3, 0.4) is 0 Å². The Hall–Kier alpha value is -2.87. The second-order valence-corrected chi connectivity index (χ2v) is 11.7. The number of anilines is 1. The molecule has 5 rings (SSSR count). The summed E-state index contributed by atoms with van der Waals surface area (Å²) in [4.78, 5) is 43.1.